The van der Waals surface area contributed by atoms with Crippen LogP contribution in [0.4, 0.5) is 0 Å². The van der Waals surface area contributed by atoms with Crippen molar-refractivity contribution in [3.05, 3.63) is 84.9 Å². The van der Waals surface area contributed by atoms with E-state index in [4.69, 9.17) is 0 Å². The third-order valence-corrected chi connectivity index (χ3v) is 3.10. The van der Waals surface area contributed by atoms with Crippen molar-refractivity contribution in [3.63, 3.8) is 0 Å². The summed E-state index contributed by atoms with van der Waals surface area (Å²) >= 11 is 0. The van der Waals surface area contributed by atoms with Crippen LogP contribution >= 0.6 is 0 Å². The van der Waals surface area contributed by atoms with Crippen LogP contribution in [0.25, 0.3) is 21.5 Å². The number of fused-ring (bicyclic) bond motifs is 2. The van der Waals surface area contributed by atoms with Crippen molar-refractivity contribution in [2.75, 3.05) is 0 Å². The molecule has 0 bridgehead atoms. The van der Waals surface area contributed by atoms with E-state index in [1.165, 1.54) is 21.5 Å². The van der Waals surface area contributed by atoms with Crippen LogP contribution < -0.4 is 0 Å². The first kappa shape index (κ1) is 18.8. The average Bonchev–Trinajstić information content (AvgIpc) is 3.17. The van der Waals surface area contributed by atoms with Gasteiger partial charge in [-0.15, -0.1) is 59.3 Å². The normalized spacial score (nSPS) is 9.18. The van der Waals surface area contributed by atoms with Gasteiger partial charge in [-0.25, -0.2) is 0 Å². The molecule has 0 fully saturated rings. The molecular weight excluding hydrogens is 360 g/mol. The second-order valence-corrected chi connectivity index (χ2v) is 5.81. The molecule has 0 N–H and O–H groups in total. The Labute approximate surface area is 154 Å². The molecule has 108 valence electrons. The van der Waals surface area contributed by atoms with Crippen LogP contribution in [0, 0.1) is 0 Å². The molecule has 0 aromatic heterocycles. The average molecular weight is 380 g/mol. The Morgan fingerprint density at radius 3 is 1.36 bits per heavy atom. The van der Waals surface area contributed by atoms with Gasteiger partial charge in [-0.3, -0.25) is 0 Å². The van der Waals surface area contributed by atoms with Crippen molar-refractivity contribution < 1.29 is 26.2 Å². The third-order valence-electron chi connectivity index (χ3n) is 3.10. The van der Waals surface area contributed by atoms with Gasteiger partial charge in [0, 0.05) is 9.52 Å². The van der Waals surface area contributed by atoms with Crippen LogP contribution in [-0.4, -0.2) is 9.52 Å². The van der Waals surface area contributed by atoms with Crippen LogP contribution in [0.1, 0.15) is 0 Å². The first-order valence-electron chi connectivity index (χ1n) is 7.14. The molecule has 2 radical (unpaired) electrons. The Morgan fingerprint density at radius 1 is 0.636 bits per heavy atom. The van der Waals surface area contributed by atoms with E-state index < -0.39 is 0 Å². The summed E-state index contributed by atoms with van der Waals surface area (Å²) in [6.45, 7) is 4.31. The van der Waals surface area contributed by atoms with Crippen LogP contribution in [0.2, 0.25) is 13.1 Å². The molecule has 0 aliphatic carbocycles. The van der Waals surface area contributed by atoms with Gasteiger partial charge >= 0.3 is 26.2 Å². The summed E-state index contributed by atoms with van der Waals surface area (Å²) < 4.78 is 0. The van der Waals surface area contributed by atoms with Gasteiger partial charge in [-0.05, 0) is 0 Å². The maximum absolute atomic E-state index is 2.15. The molecule has 0 aliphatic rings. The molecule has 22 heavy (non-hydrogen) atoms. The standard InChI is InChI=1S/2C9H7.C2H6Si.Zr/c2*1-2-5-9-7-3-6-8(9)4-1;1-3-2;/h2*1-7H;1-2H3;/q2*-1;;+2. The number of benzene rings is 2. The van der Waals surface area contributed by atoms with E-state index in [0.29, 0.717) is 0 Å². The fraction of sp³-hybridized carbons (Fsp3) is 0.100. The predicted octanol–water partition coefficient (Wildman–Crippen LogP) is 5.90. The molecule has 2 heteroatoms. The van der Waals surface area contributed by atoms with Gasteiger partial charge in [-0.2, -0.15) is 35.0 Å². The fourth-order valence-corrected chi connectivity index (χ4v) is 2.14. The van der Waals surface area contributed by atoms with E-state index in [1.54, 1.807) is 0 Å². The van der Waals surface area contributed by atoms with Crippen molar-refractivity contribution in [1.82, 2.24) is 0 Å². The summed E-state index contributed by atoms with van der Waals surface area (Å²) in [5.74, 6) is 0. The van der Waals surface area contributed by atoms with Crippen molar-refractivity contribution in [1.29, 1.82) is 0 Å². The smallest absolute Gasteiger partial charge is 0.168 e. The summed E-state index contributed by atoms with van der Waals surface area (Å²) in [6, 6.07) is 29.3. The summed E-state index contributed by atoms with van der Waals surface area (Å²) in [5.41, 5.74) is 0. The molecule has 0 saturated carbocycles. The molecule has 4 rings (SSSR count). The molecular formula is C20H20SiZr. The van der Waals surface area contributed by atoms with E-state index in [9.17, 15) is 0 Å². The van der Waals surface area contributed by atoms with Gasteiger partial charge in [-0.1, -0.05) is 25.2 Å². The Balaban J connectivity index is 0.000000181. The Bertz CT molecular complexity index is 641. The molecule has 0 heterocycles. The summed E-state index contributed by atoms with van der Waals surface area (Å²) in [6.07, 6.45) is 0. The van der Waals surface area contributed by atoms with E-state index in [2.05, 4.69) is 98.0 Å². The zero-order chi connectivity index (χ0) is 14.9. The maximum atomic E-state index is 2.15. The van der Waals surface area contributed by atoms with Gasteiger partial charge in [0.25, 0.3) is 0 Å². The topological polar surface area (TPSA) is 0 Å². The maximum Gasteiger partial charge on any atom is 2.00 e. The number of hydrogen-bond donors (Lipinski definition) is 0. The minimum atomic E-state index is 0. The van der Waals surface area contributed by atoms with Crippen LogP contribution in [-0.2, 0) is 26.2 Å². The second kappa shape index (κ2) is 10.5. The van der Waals surface area contributed by atoms with Gasteiger partial charge in [0.2, 0.25) is 0 Å². The van der Waals surface area contributed by atoms with Crippen molar-refractivity contribution in [2.24, 2.45) is 0 Å². The predicted molar refractivity (Wildman–Crippen MR) is 96.6 cm³/mol. The number of rotatable bonds is 0. The van der Waals surface area contributed by atoms with Crippen LogP contribution in [0.15, 0.2) is 84.9 Å². The Hall–Kier alpha value is -1.24. The zero-order valence-corrected chi connectivity index (χ0v) is 16.5. The minimum Gasteiger partial charge on any atom is -0.168 e. The van der Waals surface area contributed by atoms with Crippen molar-refractivity contribution >= 4 is 31.1 Å². The number of hydrogen-bond acceptors (Lipinski definition) is 0. The van der Waals surface area contributed by atoms with E-state index in [-0.39, 0.29) is 26.2 Å². The largest absolute Gasteiger partial charge is 2.00 e. The summed E-state index contributed by atoms with van der Waals surface area (Å²) in [7, 11) is 1.08. The quantitative estimate of drug-likeness (QED) is 0.263. The summed E-state index contributed by atoms with van der Waals surface area (Å²) in [4.78, 5) is 0. The first-order chi connectivity index (χ1) is 10.3. The Kier molecular flexibility index (Phi) is 8.96. The molecule has 0 nitrogen and oxygen atoms in total. The van der Waals surface area contributed by atoms with E-state index in [0.717, 1.165) is 9.52 Å². The molecule has 0 saturated heterocycles. The fourth-order valence-electron chi connectivity index (χ4n) is 2.14. The van der Waals surface area contributed by atoms with E-state index >= 15 is 0 Å². The van der Waals surface area contributed by atoms with Gasteiger partial charge < -0.3 is 0 Å². The molecule has 0 spiro atoms. The van der Waals surface area contributed by atoms with Crippen molar-refractivity contribution in [3.8, 4) is 0 Å². The molecule has 0 aliphatic heterocycles. The molecule has 4 aromatic carbocycles. The van der Waals surface area contributed by atoms with Gasteiger partial charge in [0.05, 0.1) is 0 Å². The second-order valence-electron chi connectivity index (χ2n) is 4.81. The van der Waals surface area contributed by atoms with Crippen LogP contribution in [0.5, 0.6) is 0 Å². The third kappa shape index (κ3) is 5.51. The SMILES string of the molecule is C[Si]C.[Zr+2].c1ccc2[cH-]ccc2c1.c1ccc2[cH-]ccc2c1. The van der Waals surface area contributed by atoms with E-state index in [1.807, 2.05) is 0 Å². The molecule has 0 unspecified atom stereocenters. The zero-order valence-electron chi connectivity index (χ0n) is 13.1. The summed E-state index contributed by atoms with van der Waals surface area (Å²) in [5, 5.41) is 5.32. The first-order valence-corrected chi connectivity index (χ1v) is 9.14. The van der Waals surface area contributed by atoms with Crippen molar-refractivity contribution in [2.45, 2.75) is 13.1 Å². The van der Waals surface area contributed by atoms with Crippen LogP contribution in [0.3, 0.4) is 0 Å². The minimum absolute atomic E-state index is 0. The Morgan fingerprint density at radius 2 is 1.00 bits per heavy atom. The van der Waals surface area contributed by atoms with Gasteiger partial charge in [0.1, 0.15) is 0 Å². The molecule has 0 amide bonds. The molecule has 0 atom stereocenters. The monoisotopic (exact) mass is 378 g/mol. The van der Waals surface area contributed by atoms with Gasteiger partial charge in [0.15, 0.2) is 0 Å². The molecule has 4 aromatic rings.